The lowest BCUT2D eigenvalue weighted by Crippen LogP contribution is -2.24. The van der Waals surface area contributed by atoms with Crippen molar-refractivity contribution < 1.29 is 9.21 Å². The van der Waals surface area contributed by atoms with E-state index in [1.54, 1.807) is 18.2 Å². The third-order valence-corrected chi connectivity index (χ3v) is 2.46. The van der Waals surface area contributed by atoms with Crippen LogP contribution in [0.5, 0.6) is 0 Å². The van der Waals surface area contributed by atoms with E-state index in [1.165, 1.54) is 6.21 Å². The summed E-state index contributed by atoms with van der Waals surface area (Å²) in [5.74, 6) is 1.11. The minimum atomic E-state index is -0.732. The summed E-state index contributed by atoms with van der Waals surface area (Å²) < 4.78 is 5.51. The Hall–Kier alpha value is -2.27. The van der Waals surface area contributed by atoms with E-state index in [-0.39, 0.29) is 0 Å². The van der Waals surface area contributed by atoms with Crippen molar-refractivity contribution in [1.82, 2.24) is 5.43 Å². The lowest BCUT2D eigenvalue weighted by molar-refractivity contribution is 0.249. The van der Waals surface area contributed by atoms with Gasteiger partial charge in [-0.3, -0.25) is 0 Å². The van der Waals surface area contributed by atoms with Gasteiger partial charge in [-0.15, -0.1) is 0 Å². The van der Waals surface area contributed by atoms with Crippen LogP contribution in [0, 0.1) is 0 Å². The molecule has 1 heterocycles. The van der Waals surface area contributed by atoms with E-state index in [4.69, 9.17) is 21.8 Å². The topological polar surface area (TPSA) is 80.6 Å². The van der Waals surface area contributed by atoms with Gasteiger partial charge >= 0.3 is 6.03 Å². The molecule has 0 aliphatic rings. The van der Waals surface area contributed by atoms with Gasteiger partial charge in [-0.05, 0) is 24.3 Å². The molecule has 1 aromatic carbocycles. The SMILES string of the molecule is NC(=O)NN=Cc1ccc(-c2ccccc2Cl)o1. The highest BCUT2D eigenvalue weighted by Crippen LogP contribution is 2.28. The molecule has 0 fully saturated rings. The molecule has 2 rings (SSSR count). The number of hydrazone groups is 1. The second-order valence-corrected chi connectivity index (χ2v) is 3.82. The molecule has 0 aliphatic carbocycles. The van der Waals surface area contributed by atoms with Gasteiger partial charge in [-0.1, -0.05) is 23.7 Å². The molecule has 18 heavy (non-hydrogen) atoms. The van der Waals surface area contributed by atoms with Crippen LogP contribution in [0.3, 0.4) is 0 Å². The molecule has 1 aromatic heterocycles. The van der Waals surface area contributed by atoms with Crippen molar-refractivity contribution in [3.05, 3.63) is 47.2 Å². The lowest BCUT2D eigenvalue weighted by atomic mass is 10.2. The second kappa shape index (κ2) is 5.37. The minimum Gasteiger partial charge on any atom is -0.455 e. The Morgan fingerprint density at radius 1 is 1.33 bits per heavy atom. The highest BCUT2D eigenvalue weighted by Gasteiger charge is 2.06. The molecule has 2 amide bonds. The normalized spacial score (nSPS) is 10.7. The van der Waals surface area contributed by atoms with Gasteiger partial charge in [-0.25, -0.2) is 10.2 Å². The molecule has 3 N–H and O–H groups in total. The molecule has 2 aromatic rings. The van der Waals surface area contributed by atoms with Crippen molar-refractivity contribution in [2.75, 3.05) is 0 Å². The summed E-state index contributed by atoms with van der Waals surface area (Å²) in [5.41, 5.74) is 7.73. The third-order valence-electron chi connectivity index (χ3n) is 2.13. The highest BCUT2D eigenvalue weighted by molar-refractivity contribution is 6.33. The number of rotatable bonds is 3. The average molecular weight is 264 g/mol. The Morgan fingerprint density at radius 3 is 2.83 bits per heavy atom. The predicted molar refractivity (Wildman–Crippen MR) is 69.5 cm³/mol. The molecule has 0 bridgehead atoms. The van der Waals surface area contributed by atoms with E-state index in [9.17, 15) is 4.79 Å². The van der Waals surface area contributed by atoms with Gasteiger partial charge in [0.25, 0.3) is 0 Å². The van der Waals surface area contributed by atoms with E-state index in [2.05, 4.69) is 10.5 Å². The second-order valence-electron chi connectivity index (χ2n) is 3.42. The van der Waals surface area contributed by atoms with Crippen LogP contribution in [0.15, 0.2) is 45.9 Å². The standard InChI is InChI=1S/C12H10ClN3O2/c13-10-4-2-1-3-9(10)11-6-5-8(18-11)7-15-16-12(14)17/h1-7H,(H3,14,16,17). The van der Waals surface area contributed by atoms with Crippen LogP contribution in [-0.2, 0) is 0 Å². The first kappa shape index (κ1) is 12.2. The minimum absolute atomic E-state index is 0.485. The summed E-state index contributed by atoms with van der Waals surface area (Å²) in [6.45, 7) is 0. The molecular weight excluding hydrogens is 254 g/mol. The zero-order valence-electron chi connectivity index (χ0n) is 9.26. The van der Waals surface area contributed by atoms with Crippen molar-refractivity contribution in [2.24, 2.45) is 10.8 Å². The number of benzene rings is 1. The molecule has 6 heteroatoms. The van der Waals surface area contributed by atoms with Crippen molar-refractivity contribution in [3.63, 3.8) is 0 Å². The van der Waals surface area contributed by atoms with Gasteiger partial charge in [0.2, 0.25) is 0 Å². The summed E-state index contributed by atoms with van der Waals surface area (Å²) in [6, 6.07) is 10.1. The largest absolute Gasteiger partial charge is 0.455 e. The fourth-order valence-electron chi connectivity index (χ4n) is 1.39. The van der Waals surface area contributed by atoms with E-state index >= 15 is 0 Å². The zero-order chi connectivity index (χ0) is 13.0. The molecule has 0 unspecified atom stereocenters. The van der Waals surface area contributed by atoms with Crippen LogP contribution in [-0.4, -0.2) is 12.2 Å². The number of hydrogen-bond donors (Lipinski definition) is 2. The molecule has 0 radical (unpaired) electrons. The first-order valence-electron chi connectivity index (χ1n) is 5.10. The molecule has 5 nitrogen and oxygen atoms in total. The summed E-state index contributed by atoms with van der Waals surface area (Å²) in [7, 11) is 0. The maximum Gasteiger partial charge on any atom is 0.332 e. The van der Waals surface area contributed by atoms with Crippen molar-refractivity contribution in [2.45, 2.75) is 0 Å². The van der Waals surface area contributed by atoms with Crippen LogP contribution >= 0.6 is 11.6 Å². The third kappa shape index (κ3) is 2.89. The first-order valence-corrected chi connectivity index (χ1v) is 5.48. The Kier molecular flexibility index (Phi) is 3.64. The summed E-state index contributed by atoms with van der Waals surface area (Å²) in [5, 5.41) is 4.20. The fraction of sp³-hybridized carbons (Fsp3) is 0. The highest BCUT2D eigenvalue weighted by atomic mass is 35.5. The smallest absolute Gasteiger partial charge is 0.332 e. The van der Waals surface area contributed by atoms with Crippen LogP contribution < -0.4 is 11.2 Å². The van der Waals surface area contributed by atoms with Crippen molar-refractivity contribution >= 4 is 23.8 Å². The summed E-state index contributed by atoms with van der Waals surface area (Å²) in [4.78, 5) is 10.4. The number of carbonyl (C=O) groups is 1. The molecule has 0 spiro atoms. The quantitative estimate of drug-likeness (QED) is 0.659. The molecule has 0 saturated heterocycles. The summed E-state index contributed by atoms with van der Waals surface area (Å²) in [6.07, 6.45) is 1.35. The van der Waals surface area contributed by atoms with E-state index in [0.717, 1.165) is 5.56 Å². The molecular formula is C12H10ClN3O2. The molecule has 0 atom stereocenters. The lowest BCUT2D eigenvalue weighted by Gasteiger charge is -1.98. The van der Waals surface area contributed by atoms with Gasteiger partial charge in [-0.2, -0.15) is 5.10 Å². The number of amides is 2. The predicted octanol–water partition coefficient (Wildman–Crippen LogP) is 2.60. The van der Waals surface area contributed by atoms with Gasteiger partial charge in [0, 0.05) is 5.56 Å². The van der Waals surface area contributed by atoms with Gasteiger partial charge in [0.15, 0.2) is 0 Å². The Balaban J connectivity index is 2.18. The number of nitrogens with two attached hydrogens (primary N) is 1. The number of hydrogen-bond acceptors (Lipinski definition) is 3. The van der Waals surface area contributed by atoms with Gasteiger partial charge in [0.1, 0.15) is 11.5 Å². The van der Waals surface area contributed by atoms with Crippen LogP contribution in [0.25, 0.3) is 11.3 Å². The number of urea groups is 1. The zero-order valence-corrected chi connectivity index (χ0v) is 10.0. The number of carbonyl (C=O) groups excluding carboxylic acids is 1. The Labute approximate surface area is 108 Å². The number of nitrogens with zero attached hydrogens (tertiary/aromatic N) is 1. The number of nitrogens with one attached hydrogen (secondary N) is 1. The number of halogens is 1. The molecule has 0 saturated carbocycles. The molecule has 92 valence electrons. The van der Waals surface area contributed by atoms with E-state index in [0.29, 0.717) is 16.5 Å². The van der Waals surface area contributed by atoms with Gasteiger partial charge in [0.05, 0.1) is 11.2 Å². The van der Waals surface area contributed by atoms with Crippen LogP contribution in [0.4, 0.5) is 4.79 Å². The maximum absolute atomic E-state index is 10.4. The number of furan rings is 1. The summed E-state index contributed by atoms with van der Waals surface area (Å²) >= 11 is 6.05. The van der Waals surface area contributed by atoms with Crippen molar-refractivity contribution in [1.29, 1.82) is 0 Å². The number of primary amides is 1. The van der Waals surface area contributed by atoms with Gasteiger partial charge < -0.3 is 10.2 Å². The Morgan fingerprint density at radius 2 is 2.11 bits per heavy atom. The fourth-order valence-corrected chi connectivity index (χ4v) is 1.62. The van der Waals surface area contributed by atoms with Crippen molar-refractivity contribution in [3.8, 4) is 11.3 Å². The van der Waals surface area contributed by atoms with E-state index in [1.807, 2.05) is 18.2 Å². The Bertz CT molecular complexity index is 593. The maximum atomic E-state index is 10.4. The van der Waals surface area contributed by atoms with Crippen LogP contribution in [0.2, 0.25) is 5.02 Å². The first-order chi connectivity index (χ1) is 8.66. The average Bonchev–Trinajstić information content (AvgIpc) is 2.78. The van der Waals surface area contributed by atoms with E-state index < -0.39 is 6.03 Å². The molecule has 0 aliphatic heterocycles. The van der Waals surface area contributed by atoms with Crippen LogP contribution in [0.1, 0.15) is 5.76 Å². The monoisotopic (exact) mass is 263 g/mol.